The first kappa shape index (κ1) is 13.9. The highest BCUT2D eigenvalue weighted by atomic mass is 16.8. The summed E-state index contributed by atoms with van der Waals surface area (Å²) < 4.78 is 0. The van der Waals surface area contributed by atoms with Crippen molar-refractivity contribution >= 4 is 0 Å². The van der Waals surface area contributed by atoms with Crippen molar-refractivity contribution in [2.24, 2.45) is 0 Å². The fourth-order valence-corrected chi connectivity index (χ4v) is 1.62. The average Bonchev–Trinajstić information content (AvgIpc) is 2.11. The summed E-state index contributed by atoms with van der Waals surface area (Å²) in [6.07, 6.45) is 7.90. The molecule has 0 heterocycles. The van der Waals surface area contributed by atoms with Crippen LogP contribution >= 0.6 is 0 Å². The molecule has 2 N–H and O–H groups in total. The van der Waals surface area contributed by atoms with E-state index in [0.29, 0.717) is 13.1 Å². The van der Waals surface area contributed by atoms with Crippen LogP contribution in [0, 0.1) is 0 Å². The molecule has 0 radical (unpaired) electrons. The first-order valence-corrected chi connectivity index (χ1v) is 5.95. The molecule has 0 amide bonds. The van der Waals surface area contributed by atoms with Gasteiger partial charge in [0.25, 0.3) is 0 Å². The topological polar surface area (TPSA) is 40.5 Å². The molecule has 0 bridgehead atoms. The number of hydroxylamine groups is 4. The Hall–Kier alpha value is -0.120. The zero-order valence-corrected chi connectivity index (χ0v) is 9.71. The molecule has 0 spiro atoms. The van der Waals surface area contributed by atoms with Crippen LogP contribution in [0.1, 0.15) is 58.8 Å². The molecule has 14 heavy (non-hydrogen) atoms. The van der Waals surface area contributed by atoms with Gasteiger partial charge in [-0.05, 0) is 17.7 Å². The second kappa shape index (κ2) is 8.21. The van der Waals surface area contributed by atoms with E-state index < -0.39 is 4.81 Å². The zero-order valence-electron chi connectivity index (χ0n) is 9.71. The second-order valence-electron chi connectivity index (χ2n) is 4.09. The van der Waals surface area contributed by atoms with Crippen LogP contribution in [0.15, 0.2) is 0 Å². The largest absolute Gasteiger partial charge is 0.182 e. The van der Waals surface area contributed by atoms with Crippen molar-refractivity contribution in [2.75, 3.05) is 13.1 Å². The third-order valence-corrected chi connectivity index (χ3v) is 2.45. The quantitative estimate of drug-likeness (QED) is 0.343. The van der Waals surface area contributed by atoms with E-state index in [4.69, 9.17) is 0 Å². The minimum absolute atomic E-state index is 0.439. The van der Waals surface area contributed by atoms with Crippen molar-refractivity contribution in [3.8, 4) is 0 Å². The summed E-state index contributed by atoms with van der Waals surface area (Å²) in [6, 6.07) is 0. The maximum atomic E-state index is 9.41. The van der Waals surface area contributed by atoms with E-state index in [1.54, 1.807) is 0 Å². The molecule has 0 saturated carbocycles. The van der Waals surface area contributed by atoms with Gasteiger partial charge in [-0.15, -0.1) is 0 Å². The molecular weight excluding hydrogens is 178 g/mol. The fraction of sp³-hybridized carbons (Fsp3) is 1.00. The Kier molecular flexibility index (Phi) is 8.14. The normalized spacial score (nSPS) is 12.0. The fourth-order valence-electron chi connectivity index (χ4n) is 1.62. The van der Waals surface area contributed by atoms with Gasteiger partial charge < -0.3 is 0 Å². The molecule has 0 aromatic rings. The van der Waals surface area contributed by atoms with Gasteiger partial charge in [0.15, 0.2) is 0 Å². The molecule has 0 fully saturated rings. The highest BCUT2D eigenvalue weighted by Crippen LogP contribution is 2.08. The Labute approximate surface area is 87.9 Å². The molecule has 0 atom stereocenters. The number of quaternary nitrogens is 1. The summed E-state index contributed by atoms with van der Waals surface area (Å²) in [6.45, 7) is 5.07. The van der Waals surface area contributed by atoms with Crippen molar-refractivity contribution in [3.63, 3.8) is 0 Å². The number of nitrogens with zero attached hydrogens (tertiary/aromatic N) is 1. The average molecular weight is 204 g/mol. The van der Waals surface area contributed by atoms with Crippen LogP contribution in [0.3, 0.4) is 0 Å². The lowest BCUT2D eigenvalue weighted by Crippen LogP contribution is -2.42. The van der Waals surface area contributed by atoms with Crippen LogP contribution in [0.25, 0.3) is 0 Å². The van der Waals surface area contributed by atoms with Crippen LogP contribution < -0.4 is 0 Å². The van der Waals surface area contributed by atoms with E-state index >= 15 is 0 Å². The molecule has 0 aliphatic carbocycles. The summed E-state index contributed by atoms with van der Waals surface area (Å²) in [4.78, 5) is -0.787. The second-order valence-corrected chi connectivity index (χ2v) is 4.09. The van der Waals surface area contributed by atoms with Gasteiger partial charge in [0.05, 0.1) is 0 Å². The number of unbranched alkanes of at least 4 members (excludes halogenated alkanes) is 5. The highest BCUT2D eigenvalue weighted by molar-refractivity contribution is 4.42. The van der Waals surface area contributed by atoms with Crippen molar-refractivity contribution in [1.29, 1.82) is 0 Å². The van der Waals surface area contributed by atoms with Crippen molar-refractivity contribution < 1.29 is 15.2 Å². The molecule has 3 heteroatoms. The lowest BCUT2D eigenvalue weighted by atomic mass is 10.1. The van der Waals surface area contributed by atoms with Crippen LogP contribution in [0.4, 0.5) is 0 Å². The van der Waals surface area contributed by atoms with Crippen LogP contribution in [-0.4, -0.2) is 28.3 Å². The number of hydrogen-bond donors (Lipinski definition) is 2. The van der Waals surface area contributed by atoms with E-state index in [0.717, 1.165) is 19.3 Å². The van der Waals surface area contributed by atoms with Crippen molar-refractivity contribution in [2.45, 2.75) is 58.8 Å². The van der Waals surface area contributed by atoms with E-state index in [-0.39, 0.29) is 0 Å². The summed E-state index contributed by atoms with van der Waals surface area (Å²) >= 11 is 0. The third kappa shape index (κ3) is 8.48. The number of hydrogen-bond acceptors (Lipinski definition) is 2. The summed E-state index contributed by atoms with van der Waals surface area (Å²) in [7, 11) is 0. The molecule has 0 aliphatic rings. The van der Waals surface area contributed by atoms with Crippen molar-refractivity contribution in [3.05, 3.63) is 0 Å². The SMILES string of the molecule is CCCCCCCC[N+](O)(O)CCC. The van der Waals surface area contributed by atoms with Crippen molar-refractivity contribution in [1.82, 2.24) is 0 Å². The molecule has 0 unspecified atom stereocenters. The minimum atomic E-state index is -0.787. The zero-order chi connectivity index (χ0) is 10.9. The molecule has 86 valence electrons. The standard InChI is InChI=1S/C11H26NO2/c1-3-5-6-7-8-9-11-12(13,14)10-4-2/h13-14H,3-11H2,1-2H3/q+1. The molecule has 0 rings (SSSR count). The molecule has 0 aromatic heterocycles. The van der Waals surface area contributed by atoms with Gasteiger partial charge >= 0.3 is 0 Å². The summed E-state index contributed by atoms with van der Waals surface area (Å²) in [5.74, 6) is 0. The Morgan fingerprint density at radius 1 is 0.714 bits per heavy atom. The third-order valence-electron chi connectivity index (χ3n) is 2.45. The van der Waals surface area contributed by atoms with Crippen LogP contribution in [-0.2, 0) is 0 Å². The smallest absolute Gasteiger partial charge is 0.142 e. The monoisotopic (exact) mass is 204 g/mol. The maximum absolute atomic E-state index is 9.41. The van der Waals surface area contributed by atoms with Gasteiger partial charge in [-0.25, -0.2) is 0 Å². The molecule has 0 aliphatic heterocycles. The first-order chi connectivity index (χ1) is 6.62. The van der Waals surface area contributed by atoms with Crippen LogP contribution in [0.5, 0.6) is 0 Å². The van der Waals surface area contributed by atoms with E-state index in [2.05, 4.69) is 6.92 Å². The Bertz CT molecular complexity index is 126. The van der Waals surface area contributed by atoms with Gasteiger partial charge in [-0.3, -0.25) is 0 Å². The maximum Gasteiger partial charge on any atom is 0.142 e. The van der Waals surface area contributed by atoms with Gasteiger partial charge in [0, 0.05) is 6.42 Å². The molecular formula is C11H26NO2+. The Morgan fingerprint density at radius 2 is 1.29 bits per heavy atom. The summed E-state index contributed by atoms with van der Waals surface area (Å²) in [5, 5.41) is 18.8. The molecule has 3 nitrogen and oxygen atoms in total. The lowest BCUT2D eigenvalue weighted by molar-refractivity contribution is -1.24. The van der Waals surface area contributed by atoms with Gasteiger partial charge in [-0.1, -0.05) is 39.5 Å². The molecule has 0 saturated heterocycles. The summed E-state index contributed by atoms with van der Waals surface area (Å²) in [5.41, 5.74) is 0. The first-order valence-electron chi connectivity index (χ1n) is 5.95. The van der Waals surface area contributed by atoms with Gasteiger partial charge in [0.2, 0.25) is 0 Å². The Balaban J connectivity index is 3.26. The van der Waals surface area contributed by atoms with Gasteiger partial charge in [0.1, 0.15) is 13.1 Å². The molecule has 0 aromatic carbocycles. The van der Waals surface area contributed by atoms with Gasteiger partial charge in [-0.2, -0.15) is 10.4 Å². The highest BCUT2D eigenvalue weighted by Gasteiger charge is 2.19. The van der Waals surface area contributed by atoms with Crippen LogP contribution in [0.2, 0.25) is 0 Å². The Morgan fingerprint density at radius 3 is 1.86 bits per heavy atom. The van der Waals surface area contributed by atoms with E-state index in [1.807, 2.05) is 6.92 Å². The lowest BCUT2D eigenvalue weighted by Gasteiger charge is -2.20. The predicted molar refractivity (Wildman–Crippen MR) is 57.2 cm³/mol. The van der Waals surface area contributed by atoms with E-state index in [1.165, 1.54) is 25.7 Å². The predicted octanol–water partition coefficient (Wildman–Crippen LogP) is 3.35. The minimum Gasteiger partial charge on any atom is -0.182 e. The van der Waals surface area contributed by atoms with E-state index in [9.17, 15) is 10.4 Å². The number of rotatable bonds is 9.